The summed E-state index contributed by atoms with van der Waals surface area (Å²) in [6, 6.07) is 20.4. The van der Waals surface area contributed by atoms with Crippen molar-refractivity contribution in [1.82, 2.24) is 0 Å². The zero-order valence-corrected chi connectivity index (χ0v) is 33.3. The average Bonchev–Trinajstić information content (AvgIpc) is 3.85. The van der Waals surface area contributed by atoms with E-state index in [0.29, 0.717) is 6.61 Å². The Bertz CT molecular complexity index is 1110. The van der Waals surface area contributed by atoms with Crippen molar-refractivity contribution in [3.63, 3.8) is 0 Å². The number of hydrogen-bond acceptors (Lipinski definition) is 7. The van der Waals surface area contributed by atoms with Crippen LogP contribution < -0.4 is 29.6 Å². The van der Waals surface area contributed by atoms with Gasteiger partial charge in [0.25, 0.3) is 0 Å². The van der Waals surface area contributed by atoms with Crippen molar-refractivity contribution in [2.75, 3.05) is 27.4 Å². The average molecular weight is 762 g/mol. The topological polar surface area (TPSA) is 75.6 Å². The molecule has 7 nitrogen and oxygen atoms in total. The third-order valence-corrected chi connectivity index (χ3v) is 9.78. The zero-order valence-electron chi connectivity index (χ0n) is 30.7. The number of ether oxygens (including phenoxy) is 6. The van der Waals surface area contributed by atoms with Gasteiger partial charge in [-0.2, -0.15) is 0 Å². The van der Waals surface area contributed by atoms with Crippen LogP contribution in [0.5, 0.6) is 0 Å². The SMILES string of the molecule is BrCc1ccccc1.C.C.C1CCOC1.C=C[C@]1(CC)OC(OC)[C@H](O)[C@@H]1C.C=C[C@]1(CC)OC(OC)[C@H](OCc2ccccc2)[C@@H]1C.[H-].[Na+]. The van der Waals surface area contributed by atoms with Crippen LogP contribution in [0.4, 0.5) is 0 Å². The number of aliphatic hydroxyl groups excluding tert-OH is 1. The molecule has 3 fully saturated rings. The summed E-state index contributed by atoms with van der Waals surface area (Å²) in [5.41, 5.74) is 1.69. The summed E-state index contributed by atoms with van der Waals surface area (Å²) in [4.78, 5) is 0. The van der Waals surface area contributed by atoms with E-state index in [1.165, 1.54) is 25.5 Å². The molecule has 0 bridgehead atoms. The molecule has 2 aromatic rings. The molecule has 2 aromatic carbocycles. The fourth-order valence-electron chi connectivity index (χ4n) is 5.83. The standard InChI is InChI=1S/C17H24O3.C10H18O3.C7H7Br.C4H8O.2CH4.Na.H/c1-5-17(6-2)13(3)15(16(18-4)20-17)19-12-14-10-8-7-9-11-14;1-5-10(6-2)7(3)8(11)9(12-4)13-10;8-6-7-4-2-1-3-5-7;1-2-4-5-3-1;;;;/h5,7-11,13,15-16H,1,6,12H2,2-4H3;5,7-9,11H,1,6H2,2-4H3;1-5H,6H2;1-4H2;2*1H4;;/q;;;;;;+1;-1/t13-,15+,16?,17+;7-,8+,9?,10+;;;;;;/m00....../s1. The van der Waals surface area contributed by atoms with Crippen LogP contribution in [-0.2, 0) is 40.4 Å². The van der Waals surface area contributed by atoms with E-state index >= 15 is 0 Å². The van der Waals surface area contributed by atoms with Crippen molar-refractivity contribution < 1.29 is 64.5 Å². The smallest absolute Gasteiger partial charge is 1.00 e. The molecule has 0 spiro atoms. The van der Waals surface area contributed by atoms with E-state index in [-0.39, 0.29) is 75.7 Å². The molecule has 0 amide bonds. The summed E-state index contributed by atoms with van der Waals surface area (Å²) in [5, 5.41) is 10.7. The first-order chi connectivity index (χ1) is 22.2. The molecule has 3 saturated heterocycles. The Morgan fingerprint density at radius 3 is 1.59 bits per heavy atom. The summed E-state index contributed by atoms with van der Waals surface area (Å²) in [6.07, 6.45) is 6.35. The van der Waals surface area contributed by atoms with E-state index < -0.39 is 18.0 Å². The Morgan fingerprint density at radius 1 is 0.816 bits per heavy atom. The molecule has 5 rings (SSSR count). The van der Waals surface area contributed by atoms with Crippen LogP contribution >= 0.6 is 15.9 Å². The van der Waals surface area contributed by atoms with Gasteiger partial charge in [-0.25, -0.2) is 0 Å². The Balaban J connectivity index is -0.000000636. The Kier molecular flexibility index (Phi) is 27.5. The quantitative estimate of drug-likeness (QED) is 0.166. The van der Waals surface area contributed by atoms with E-state index in [0.717, 1.165) is 36.9 Å². The van der Waals surface area contributed by atoms with Gasteiger partial charge in [0.2, 0.25) is 0 Å². The van der Waals surface area contributed by atoms with Crippen molar-refractivity contribution >= 4 is 15.9 Å². The van der Waals surface area contributed by atoms with Gasteiger partial charge >= 0.3 is 29.6 Å². The predicted octanol–water partition coefficient (Wildman–Crippen LogP) is 6.63. The maximum Gasteiger partial charge on any atom is 1.00 e. The van der Waals surface area contributed by atoms with Crippen LogP contribution in [0.1, 0.15) is 80.8 Å². The molecule has 8 atom stereocenters. The molecular formula is C40H66BrNaO7. The minimum absolute atomic E-state index is 0. The molecule has 49 heavy (non-hydrogen) atoms. The fraction of sp³-hybridized carbons (Fsp3) is 0.600. The second-order valence-corrected chi connectivity index (χ2v) is 12.3. The van der Waals surface area contributed by atoms with Crippen LogP contribution in [0.25, 0.3) is 0 Å². The zero-order chi connectivity index (χ0) is 34.0. The number of rotatable bonds is 10. The van der Waals surface area contributed by atoms with Gasteiger partial charge in [0.15, 0.2) is 12.6 Å². The van der Waals surface area contributed by atoms with E-state index in [9.17, 15) is 5.11 Å². The second kappa shape index (κ2) is 26.8. The normalized spacial score (nSPS) is 29.5. The van der Waals surface area contributed by atoms with Crippen molar-refractivity contribution in [2.45, 2.75) is 116 Å². The number of methoxy groups -OCH3 is 2. The Hall–Kier alpha value is -0.880. The van der Waals surface area contributed by atoms with Gasteiger partial charge in [-0.05, 0) is 36.8 Å². The number of aliphatic hydroxyl groups is 1. The fourth-order valence-corrected chi connectivity index (χ4v) is 6.20. The molecule has 3 aliphatic rings. The van der Waals surface area contributed by atoms with E-state index in [1.807, 2.05) is 56.3 Å². The van der Waals surface area contributed by atoms with Gasteiger partial charge in [-0.15, -0.1) is 13.2 Å². The molecule has 3 aliphatic heterocycles. The first-order valence-corrected chi connectivity index (χ1v) is 17.5. The molecule has 9 heteroatoms. The molecule has 0 radical (unpaired) electrons. The first kappa shape index (κ1) is 50.2. The van der Waals surface area contributed by atoms with Crippen molar-refractivity contribution in [1.29, 1.82) is 0 Å². The number of benzene rings is 2. The minimum atomic E-state index is -0.567. The monoisotopic (exact) mass is 760 g/mol. The summed E-state index contributed by atoms with van der Waals surface area (Å²) in [7, 11) is 3.19. The molecule has 0 saturated carbocycles. The van der Waals surface area contributed by atoms with E-state index in [2.05, 4.69) is 67.2 Å². The van der Waals surface area contributed by atoms with E-state index in [1.54, 1.807) is 13.2 Å². The molecule has 0 aromatic heterocycles. The van der Waals surface area contributed by atoms with Crippen LogP contribution in [0.3, 0.4) is 0 Å². The van der Waals surface area contributed by atoms with Crippen LogP contribution in [0.15, 0.2) is 86.0 Å². The van der Waals surface area contributed by atoms with Crippen LogP contribution in [0, 0.1) is 11.8 Å². The van der Waals surface area contributed by atoms with Gasteiger partial charge < -0.3 is 35.0 Å². The summed E-state index contributed by atoms with van der Waals surface area (Å²) >= 11 is 3.36. The van der Waals surface area contributed by atoms with Gasteiger partial charge in [-0.3, -0.25) is 0 Å². The van der Waals surface area contributed by atoms with Crippen LogP contribution in [-0.4, -0.2) is 68.5 Å². The largest absolute Gasteiger partial charge is 1.00 e. The number of alkyl halides is 1. The van der Waals surface area contributed by atoms with Gasteiger partial charge in [0, 0.05) is 44.6 Å². The Morgan fingerprint density at radius 2 is 1.27 bits per heavy atom. The maximum atomic E-state index is 9.76. The van der Waals surface area contributed by atoms with Gasteiger partial charge in [0.05, 0.1) is 17.8 Å². The molecule has 3 heterocycles. The Labute approximate surface area is 331 Å². The molecule has 276 valence electrons. The third kappa shape index (κ3) is 14.6. The van der Waals surface area contributed by atoms with Crippen molar-refractivity contribution in [3.8, 4) is 0 Å². The van der Waals surface area contributed by atoms with E-state index in [4.69, 9.17) is 28.4 Å². The van der Waals surface area contributed by atoms with Crippen molar-refractivity contribution in [2.24, 2.45) is 11.8 Å². The minimum Gasteiger partial charge on any atom is -1.00 e. The van der Waals surface area contributed by atoms with Gasteiger partial charge in [0.1, 0.15) is 12.2 Å². The predicted molar refractivity (Wildman–Crippen MR) is 203 cm³/mol. The maximum absolute atomic E-state index is 9.76. The summed E-state index contributed by atoms with van der Waals surface area (Å²) < 4.78 is 33.2. The molecular weight excluding hydrogens is 695 g/mol. The van der Waals surface area contributed by atoms with Crippen molar-refractivity contribution in [3.05, 3.63) is 97.1 Å². The van der Waals surface area contributed by atoms with Crippen LogP contribution in [0.2, 0.25) is 0 Å². The molecule has 1 N–H and O–H groups in total. The summed E-state index contributed by atoms with van der Waals surface area (Å²) in [6.45, 7) is 18.4. The summed E-state index contributed by atoms with van der Waals surface area (Å²) in [5.74, 6) is 0.235. The van der Waals surface area contributed by atoms with Gasteiger partial charge in [-0.1, -0.05) is 131 Å². The number of halogens is 1. The second-order valence-electron chi connectivity index (χ2n) is 11.7. The molecule has 0 aliphatic carbocycles. The molecule has 2 unspecified atom stereocenters. The first-order valence-electron chi connectivity index (χ1n) is 16.4. The third-order valence-electron chi connectivity index (χ3n) is 9.14. The number of hydrogen-bond donors (Lipinski definition) is 1.